The van der Waals surface area contributed by atoms with E-state index >= 15 is 0 Å². The van der Waals surface area contributed by atoms with E-state index in [2.05, 4.69) is 0 Å². The molecule has 0 bridgehead atoms. The number of fused-ring (bicyclic) bond motifs is 2. The van der Waals surface area contributed by atoms with E-state index in [1.54, 1.807) is 0 Å². The molecule has 0 spiro atoms. The highest BCUT2D eigenvalue weighted by atomic mass is 16.4. The van der Waals surface area contributed by atoms with Gasteiger partial charge in [-0.3, -0.25) is 24.0 Å². The van der Waals surface area contributed by atoms with Gasteiger partial charge in [0.1, 0.15) is 0 Å². The Kier molecular flexibility index (Phi) is 5.85. The fourth-order valence-corrected chi connectivity index (χ4v) is 4.96. The molecule has 2 heterocycles. The number of nitrogens with zero attached hydrogens (tertiary/aromatic N) is 2. The molecule has 2 aliphatic rings. The Bertz CT molecular complexity index is 1820. The van der Waals surface area contributed by atoms with E-state index in [4.69, 9.17) is 0 Å². The lowest BCUT2D eigenvalue weighted by Gasteiger charge is -2.16. The summed E-state index contributed by atoms with van der Waals surface area (Å²) in [5.41, 5.74) is 0.00575. The maximum absolute atomic E-state index is 13.5. The van der Waals surface area contributed by atoms with E-state index in [0.717, 1.165) is 21.9 Å². The van der Waals surface area contributed by atoms with Crippen LogP contribution < -0.4 is 9.80 Å². The summed E-state index contributed by atoms with van der Waals surface area (Å²) in [6.45, 7) is 0. The van der Waals surface area contributed by atoms with Crippen LogP contribution in [0.5, 0.6) is 0 Å². The van der Waals surface area contributed by atoms with Gasteiger partial charge in [-0.2, -0.15) is 0 Å². The lowest BCUT2D eigenvalue weighted by atomic mass is 10.0. The summed E-state index contributed by atoms with van der Waals surface area (Å²) in [5, 5.41) is 18.5. The van der Waals surface area contributed by atoms with Gasteiger partial charge in [0.2, 0.25) is 0 Å². The van der Waals surface area contributed by atoms with Crippen LogP contribution in [0.1, 0.15) is 78.1 Å². The number of hydrogen-bond donors (Lipinski definition) is 2. The van der Waals surface area contributed by atoms with Crippen LogP contribution in [0.3, 0.4) is 0 Å². The molecule has 4 aromatic carbocycles. The predicted octanol–water partition coefficient (Wildman–Crippen LogP) is 3.92. The minimum Gasteiger partial charge on any atom is -0.478 e. The van der Waals surface area contributed by atoms with Gasteiger partial charge in [0, 0.05) is 11.1 Å². The number of amides is 4. The second kappa shape index (κ2) is 9.45. The van der Waals surface area contributed by atoms with Gasteiger partial charge in [0.15, 0.2) is 5.78 Å². The van der Waals surface area contributed by atoms with Crippen molar-refractivity contribution in [2.24, 2.45) is 0 Å². The van der Waals surface area contributed by atoms with Crippen LogP contribution in [0.4, 0.5) is 11.4 Å². The summed E-state index contributed by atoms with van der Waals surface area (Å²) in [5.74, 6) is -5.85. The third-order valence-electron chi connectivity index (χ3n) is 7.00. The van der Waals surface area contributed by atoms with Gasteiger partial charge in [0.05, 0.1) is 44.8 Å². The molecule has 0 radical (unpaired) electrons. The van der Waals surface area contributed by atoms with Crippen LogP contribution in [-0.4, -0.2) is 51.6 Å². The van der Waals surface area contributed by atoms with Crippen molar-refractivity contribution < 1.29 is 43.8 Å². The number of benzene rings is 4. The van der Waals surface area contributed by atoms with Crippen LogP contribution in [0.15, 0.2) is 84.9 Å². The first-order valence-electron chi connectivity index (χ1n) is 12.3. The molecule has 0 aromatic heterocycles. The summed E-state index contributed by atoms with van der Waals surface area (Å²) in [6, 6.07) is 18.7. The molecule has 6 rings (SSSR count). The quantitative estimate of drug-likeness (QED) is 0.262. The molecule has 0 fully saturated rings. The summed E-state index contributed by atoms with van der Waals surface area (Å²) in [4.78, 5) is 90.0. The highest BCUT2D eigenvalue weighted by molar-refractivity contribution is 6.36. The standard InChI is InChI=1S/C31H16N2O9/c34-25(15-3-1-5-19(11-15)32-26(35)21-9-7-17(30(39)40)13-23(21)28(32)37)16-4-2-6-20(12-16)33-27(36)22-10-8-18(31(41)42)14-24(22)29(33)38/h1-14H,(H,39,40)(H,41,42). The number of ketones is 1. The van der Waals surface area contributed by atoms with Crippen molar-refractivity contribution in [1.29, 1.82) is 0 Å². The number of imide groups is 2. The molecule has 0 saturated carbocycles. The van der Waals surface area contributed by atoms with E-state index in [1.165, 1.54) is 72.8 Å². The van der Waals surface area contributed by atoms with Crippen molar-refractivity contribution in [3.63, 3.8) is 0 Å². The van der Waals surface area contributed by atoms with E-state index in [1.807, 2.05) is 0 Å². The van der Waals surface area contributed by atoms with E-state index in [0.29, 0.717) is 0 Å². The average Bonchev–Trinajstić information content (AvgIpc) is 3.40. The molecule has 11 heteroatoms. The minimum atomic E-state index is -1.25. The van der Waals surface area contributed by atoms with Crippen LogP contribution in [0, 0.1) is 0 Å². The molecule has 204 valence electrons. The molecule has 0 aliphatic carbocycles. The summed E-state index contributed by atoms with van der Waals surface area (Å²) in [6.07, 6.45) is 0. The molecule has 0 unspecified atom stereocenters. The van der Waals surface area contributed by atoms with Gasteiger partial charge < -0.3 is 10.2 Å². The Morgan fingerprint density at radius 1 is 0.452 bits per heavy atom. The number of carboxylic acid groups (broad SMARTS) is 2. The molecule has 2 N–H and O–H groups in total. The van der Waals surface area contributed by atoms with Crippen LogP contribution in [0.2, 0.25) is 0 Å². The molecular weight excluding hydrogens is 544 g/mol. The molecular formula is C31H16N2O9. The molecule has 42 heavy (non-hydrogen) atoms. The normalized spacial score (nSPS) is 13.8. The summed E-state index contributed by atoms with van der Waals surface area (Å²) in [7, 11) is 0. The minimum absolute atomic E-state index is 0.0332. The summed E-state index contributed by atoms with van der Waals surface area (Å²) < 4.78 is 0. The maximum atomic E-state index is 13.5. The number of aromatic carboxylic acids is 2. The van der Waals surface area contributed by atoms with E-state index < -0.39 is 41.4 Å². The zero-order valence-corrected chi connectivity index (χ0v) is 21.2. The predicted molar refractivity (Wildman–Crippen MR) is 145 cm³/mol. The van der Waals surface area contributed by atoms with Gasteiger partial charge in [-0.05, 0) is 60.7 Å². The smallest absolute Gasteiger partial charge is 0.335 e. The summed E-state index contributed by atoms with van der Waals surface area (Å²) >= 11 is 0. The van der Waals surface area contributed by atoms with Crippen molar-refractivity contribution in [3.8, 4) is 0 Å². The number of rotatable bonds is 6. The van der Waals surface area contributed by atoms with Crippen molar-refractivity contribution in [3.05, 3.63) is 129 Å². The topological polar surface area (TPSA) is 166 Å². The molecule has 4 amide bonds. The molecule has 0 saturated heterocycles. The van der Waals surface area contributed by atoms with Crippen molar-refractivity contribution in [2.45, 2.75) is 0 Å². The number of carboxylic acids is 2. The third-order valence-corrected chi connectivity index (χ3v) is 7.00. The van der Waals surface area contributed by atoms with E-state index in [-0.39, 0.29) is 55.9 Å². The first kappa shape index (κ1) is 26.0. The maximum Gasteiger partial charge on any atom is 0.335 e. The lowest BCUT2D eigenvalue weighted by Crippen LogP contribution is -2.29. The lowest BCUT2D eigenvalue weighted by molar-refractivity contribution is 0.0686. The third kappa shape index (κ3) is 3.95. The fraction of sp³-hybridized carbons (Fsp3) is 0. The highest BCUT2D eigenvalue weighted by Gasteiger charge is 2.39. The Morgan fingerprint density at radius 3 is 1.21 bits per heavy atom. The first-order valence-corrected chi connectivity index (χ1v) is 12.3. The zero-order chi connectivity index (χ0) is 29.9. The van der Waals surface area contributed by atoms with Gasteiger partial charge in [-0.25, -0.2) is 19.4 Å². The number of anilines is 2. The monoisotopic (exact) mass is 560 g/mol. The highest BCUT2D eigenvalue weighted by Crippen LogP contribution is 2.32. The zero-order valence-electron chi connectivity index (χ0n) is 21.2. The molecule has 4 aromatic rings. The largest absolute Gasteiger partial charge is 0.478 e. The fourth-order valence-electron chi connectivity index (χ4n) is 4.96. The van der Waals surface area contributed by atoms with Crippen molar-refractivity contribution in [2.75, 3.05) is 9.80 Å². The first-order chi connectivity index (χ1) is 20.1. The van der Waals surface area contributed by atoms with E-state index in [9.17, 15) is 43.8 Å². The van der Waals surface area contributed by atoms with Gasteiger partial charge in [-0.1, -0.05) is 24.3 Å². The number of hydrogen-bond acceptors (Lipinski definition) is 7. The molecule has 0 atom stereocenters. The SMILES string of the molecule is O=C(O)c1ccc2c(c1)C(=O)N(c1cccc(C(=O)c3cccc(N4C(=O)c5ccc(C(=O)O)cc5C4=O)c3)c1)C2=O. The Balaban J connectivity index is 1.30. The van der Waals surface area contributed by atoms with Crippen LogP contribution >= 0.6 is 0 Å². The number of carbonyl (C=O) groups excluding carboxylic acids is 5. The average molecular weight is 560 g/mol. The second-order valence-electron chi connectivity index (χ2n) is 9.45. The van der Waals surface area contributed by atoms with Gasteiger partial charge >= 0.3 is 11.9 Å². The Hall–Kier alpha value is -6.23. The Labute approximate surface area is 235 Å². The number of carbonyl (C=O) groups is 7. The second-order valence-corrected chi connectivity index (χ2v) is 9.45. The molecule has 11 nitrogen and oxygen atoms in total. The molecule has 2 aliphatic heterocycles. The Morgan fingerprint density at radius 2 is 0.833 bits per heavy atom. The van der Waals surface area contributed by atoms with Crippen LogP contribution in [-0.2, 0) is 0 Å². The van der Waals surface area contributed by atoms with Crippen LogP contribution in [0.25, 0.3) is 0 Å². The van der Waals surface area contributed by atoms with Gasteiger partial charge in [0.25, 0.3) is 23.6 Å². The van der Waals surface area contributed by atoms with Crippen molar-refractivity contribution >= 4 is 52.7 Å². The van der Waals surface area contributed by atoms with Crippen molar-refractivity contribution in [1.82, 2.24) is 0 Å². The van der Waals surface area contributed by atoms with Gasteiger partial charge in [-0.15, -0.1) is 0 Å².